The van der Waals surface area contributed by atoms with Crippen molar-refractivity contribution in [2.75, 3.05) is 32.8 Å². The number of nitrogens with zero attached hydrogens (tertiary/aromatic N) is 1. The highest BCUT2D eigenvalue weighted by atomic mass is 16.5. The molecule has 0 aromatic heterocycles. The number of nitrogens with one attached hydrogen (secondary N) is 1. The smallest absolute Gasteiger partial charge is 0.119 e. The van der Waals surface area contributed by atoms with Crippen molar-refractivity contribution in [3.63, 3.8) is 0 Å². The van der Waals surface area contributed by atoms with Crippen LogP contribution >= 0.6 is 0 Å². The van der Waals surface area contributed by atoms with Gasteiger partial charge in [0.2, 0.25) is 0 Å². The van der Waals surface area contributed by atoms with Crippen molar-refractivity contribution in [3.8, 4) is 5.75 Å². The summed E-state index contributed by atoms with van der Waals surface area (Å²) >= 11 is 0. The number of likely N-dealkylation sites (tertiary alicyclic amines) is 1. The SMILES string of the molecule is CCNC1CCCN(CCCOc2ccccc2)C1. The summed E-state index contributed by atoms with van der Waals surface area (Å²) in [6.07, 6.45) is 3.75. The molecule has 0 radical (unpaired) electrons. The molecule has 0 spiro atoms. The molecule has 106 valence electrons. The summed E-state index contributed by atoms with van der Waals surface area (Å²) in [5.74, 6) is 0.978. The van der Waals surface area contributed by atoms with Crippen LogP contribution in [0.2, 0.25) is 0 Å². The minimum atomic E-state index is 0.689. The standard InChI is InChI=1S/C16H26N2O/c1-2-17-15-8-6-11-18(14-15)12-7-13-19-16-9-4-3-5-10-16/h3-5,9-10,15,17H,2,6-8,11-14H2,1H3. The third-order valence-electron chi connectivity index (χ3n) is 3.63. The van der Waals surface area contributed by atoms with Crippen LogP contribution in [-0.4, -0.2) is 43.7 Å². The molecule has 0 saturated carbocycles. The van der Waals surface area contributed by atoms with E-state index in [0.717, 1.165) is 31.9 Å². The normalized spacial score (nSPS) is 20.4. The first-order chi connectivity index (χ1) is 9.38. The van der Waals surface area contributed by atoms with Crippen molar-refractivity contribution in [1.82, 2.24) is 10.2 Å². The molecular formula is C16H26N2O. The van der Waals surface area contributed by atoms with Gasteiger partial charge in [0.15, 0.2) is 0 Å². The van der Waals surface area contributed by atoms with Gasteiger partial charge >= 0.3 is 0 Å². The van der Waals surface area contributed by atoms with Crippen molar-refractivity contribution in [2.24, 2.45) is 0 Å². The third-order valence-corrected chi connectivity index (χ3v) is 3.63. The van der Waals surface area contributed by atoms with Gasteiger partial charge in [-0.3, -0.25) is 0 Å². The fourth-order valence-corrected chi connectivity index (χ4v) is 2.71. The lowest BCUT2D eigenvalue weighted by Crippen LogP contribution is -2.46. The molecule has 0 bridgehead atoms. The Kier molecular flexibility index (Phi) is 6.18. The summed E-state index contributed by atoms with van der Waals surface area (Å²) in [6, 6.07) is 10.8. The minimum Gasteiger partial charge on any atom is -0.494 e. The van der Waals surface area contributed by atoms with Crippen molar-refractivity contribution >= 4 is 0 Å². The Hall–Kier alpha value is -1.06. The Labute approximate surface area is 116 Å². The van der Waals surface area contributed by atoms with Gasteiger partial charge in [0.1, 0.15) is 5.75 Å². The molecule has 0 amide bonds. The zero-order chi connectivity index (χ0) is 13.3. The molecule has 19 heavy (non-hydrogen) atoms. The topological polar surface area (TPSA) is 24.5 Å². The van der Waals surface area contributed by atoms with Crippen molar-refractivity contribution in [3.05, 3.63) is 30.3 Å². The molecule has 1 N–H and O–H groups in total. The van der Waals surface area contributed by atoms with Gasteiger partial charge in [-0.15, -0.1) is 0 Å². The lowest BCUT2D eigenvalue weighted by atomic mass is 10.1. The number of likely N-dealkylation sites (N-methyl/N-ethyl adjacent to an activating group) is 1. The Morgan fingerprint density at radius 2 is 2.16 bits per heavy atom. The van der Waals surface area contributed by atoms with E-state index in [-0.39, 0.29) is 0 Å². The van der Waals surface area contributed by atoms with Gasteiger partial charge in [-0.05, 0) is 44.5 Å². The molecule has 1 unspecified atom stereocenters. The summed E-state index contributed by atoms with van der Waals surface area (Å²) in [6.45, 7) is 7.66. The van der Waals surface area contributed by atoms with Gasteiger partial charge in [0.25, 0.3) is 0 Å². The van der Waals surface area contributed by atoms with E-state index in [1.807, 2.05) is 30.3 Å². The van der Waals surface area contributed by atoms with E-state index in [4.69, 9.17) is 4.74 Å². The molecule has 0 aliphatic carbocycles. The maximum absolute atomic E-state index is 5.73. The molecule has 1 fully saturated rings. The quantitative estimate of drug-likeness (QED) is 0.764. The second-order valence-corrected chi connectivity index (χ2v) is 5.21. The third kappa shape index (κ3) is 5.21. The molecule has 1 aromatic rings. The molecule has 1 atom stereocenters. The average Bonchev–Trinajstić information content (AvgIpc) is 2.46. The molecule has 1 aliphatic rings. The van der Waals surface area contributed by atoms with E-state index in [1.165, 1.54) is 25.9 Å². The molecular weight excluding hydrogens is 236 g/mol. The van der Waals surface area contributed by atoms with Crippen LogP contribution in [0.15, 0.2) is 30.3 Å². The van der Waals surface area contributed by atoms with E-state index < -0.39 is 0 Å². The first kappa shape index (κ1) is 14.4. The lowest BCUT2D eigenvalue weighted by molar-refractivity contribution is 0.177. The van der Waals surface area contributed by atoms with E-state index in [1.54, 1.807) is 0 Å². The van der Waals surface area contributed by atoms with Crippen LogP contribution in [0, 0.1) is 0 Å². The van der Waals surface area contributed by atoms with E-state index in [0.29, 0.717) is 6.04 Å². The number of hydrogen-bond donors (Lipinski definition) is 1. The van der Waals surface area contributed by atoms with Crippen LogP contribution in [0.1, 0.15) is 26.2 Å². The fourth-order valence-electron chi connectivity index (χ4n) is 2.71. The minimum absolute atomic E-state index is 0.689. The van der Waals surface area contributed by atoms with Crippen LogP contribution in [-0.2, 0) is 0 Å². The number of para-hydroxylation sites is 1. The number of ether oxygens (including phenoxy) is 1. The lowest BCUT2D eigenvalue weighted by Gasteiger charge is -2.33. The van der Waals surface area contributed by atoms with Crippen LogP contribution in [0.4, 0.5) is 0 Å². The second-order valence-electron chi connectivity index (χ2n) is 5.21. The first-order valence-corrected chi connectivity index (χ1v) is 7.52. The highest BCUT2D eigenvalue weighted by Gasteiger charge is 2.18. The van der Waals surface area contributed by atoms with Gasteiger partial charge in [-0.2, -0.15) is 0 Å². The number of hydrogen-bond acceptors (Lipinski definition) is 3. The summed E-state index contributed by atoms with van der Waals surface area (Å²) in [5, 5.41) is 3.56. The number of piperidine rings is 1. The fraction of sp³-hybridized carbons (Fsp3) is 0.625. The summed E-state index contributed by atoms with van der Waals surface area (Å²) in [5.41, 5.74) is 0. The predicted octanol–water partition coefficient (Wildman–Crippen LogP) is 2.53. The van der Waals surface area contributed by atoms with Gasteiger partial charge in [-0.25, -0.2) is 0 Å². The highest BCUT2D eigenvalue weighted by Crippen LogP contribution is 2.11. The van der Waals surface area contributed by atoms with Gasteiger partial charge in [0.05, 0.1) is 6.61 Å². The van der Waals surface area contributed by atoms with E-state index in [9.17, 15) is 0 Å². The van der Waals surface area contributed by atoms with Crippen LogP contribution < -0.4 is 10.1 Å². The zero-order valence-corrected chi connectivity index (χ0v) is 12.0. The molecule has 1 aliphatic heterocycles. The first-order valence-electron chi connectivity index (χ1n) is 7.52. The summed E-state index contributed by atoms with van der Waals surface area (Å²) in [4.78, 5) is 2.56. The largest absolute Gasteiger partial charge is 0.494 e. The van der Waals surface area contributed by atoms with Gasteiger partial charge in [0, 0.05) is 19.1 Å². The van der Waals surface area contributed by atoms with Gasteiger partial charge in [-0.1, -0.05) is 25.1 Å². The van der Waals surface area contributed by atoms with Crippen LogP contribution in [0.3, 0.4) is 0 Å². The van der Waals surface area contributed by atoms with E-state index in [2.05, 4.69) is 17.1 Å². The number of rotatable bonds is 7. The molecule has 1 saturated heterocycles. The Morgan fingerprint density at radius 1 is 1.32 bits per heavy atom. The maximum Gasteiger partial charge on any atom is 0.119 e. The van der Waals surface area contributed by atoms with Gasteiger partial charge < -0.3 is 15.0 Å². The summed E-state index contributed by atoms with van der Waals surface area (Å²) < 4.78 is 5.73. The maximum atomic E-state index is 5.73. The molecule has 1 aromatic carbocycles. The molecule has 3 nitrogen and oxygen atoms in total. The van der Waals surface area contributed by atoms with E-state index >= 15 is 0 Å². The van der Waals surface area contributed by atoms with Crippen molar-refractivity contribution < 1.29 is 4.74 Å². The Bertz CT molecular complexity index is 340. The highest BCUT2D eigenvalue weighted by molar-refractivity contribution is 5.20. The monoisotopic (exact) mass is 262 g/mol. The number of benzene rings is 1. The second kappa shape index (κ2) is 8.18. The molecule has 2 rings (SSSR count). The molecule has 3 heteroatoms. The Balaban J connectivity index is 1.60. The Morgan fingerprint density at radius 3 is 2.95 bits per heavy atom. The molecule has 1 heterocycles. The van der Waals surface area contributed by atoms with Crippen LogP contribution in [0.25, 0.3) is 0 Å². The van der Waals surface area contributed by atoms with Crippen molar-refractivity contribution in [1.29, 1.82) is 0 Å². The van der Waals surface area contributed by atoms with Crippen LogP contribution in [0.5, 0.6) is 5.75 Å². The van der Waals surface area contributed by atoms with Crippen molar-refractivity contribution in [2.45, 2.75) is 32.2 Å². The zero-order valence-electron chi connectivity index (χ0n) is 12.0. The average molecular weight is 262 g/mol. The summed E-state index contributed by atoms with van der Waals surface area (Å²) in [7, 11) is 0. The predicted molar refractivity (Wildman–Crippen MR) is 79.7 cm³/mol.